The SMILES string of the molecule is Cc1nnc(-c2ccc3cnc(NC(=O)[C@H]4CC[C@H](NC(CF)CF)CC4)nc3c2)s1. The Morgan fingerprint density at radius 1 is 1.19 bits per heavy atom. The standard InChI is InChI=1S/C21H24F2N6OS/c1-12-28-29-20(31-12)14-2-3-15-11-24-21(26-18(15)8-14)27-19(30)13-4-6-16(7-5-13)25-17(9-22)10-23/h2-3,8,11,13,16-17,25H,4-7,9-10H2,1H3,(H,24,26,27,30)/t13-,16-. The van der Waals surface area contributed by atoms with Crippen LogP contribution < -0.4 is 10.6 Å². The first-order chi connectivity index (χ1) is 15.1. The Morgan fingerprint density at radius 3 is 2.65 bits per heavy atom. The minimum Gasteiger partial charge on any atom is -0.306 e. The Morgan fingerprint density at radius 2 is 1.97 bits per heavy atom. The molecule has 0 saturated heterocycles. The number of amides is 1. The van der Waals surface area contributed by atoms with Crippen LogP contribution in [0.2, 0.25) is 0 Å². The number of rotatable bonds is 7. The number of nitrogens with zero attached hydrogens (tertiary/aromatic N) is 4. The Labute approximate surface area is 182 Å². The van der Waals surface area contributed by atoms with Crippen molar-refractivity contribution >= 4 is 34.1 Å². The number of fused-ring (bicyclic) bond motifs is 1. The number of anilines is 1. The maximum Gasteiger partial charge on any atom is 0.229 e. The molecule has 0 bridgehead atoms. The van der Waals surface area contributed by atoms with Gasteiger partial charge in [-0.3, -0.25) is 10.1 Å². The number of hydrogen-bond donors (Lipinski definition) is 2. The van der Waals surface area contributed by atoms with Crippen molar-refractivity contribution in [3.63, 3.8) is 0 Å². The van der Waals surface area contributed by atoms with E-state index in [1.807, 2.05) is 25.1 Å². The largest absolute Gasteiger partial charge is 0.306 e. The molecule has 0 aliphatic heterocycles. The van der Waals surface area contributed by atoms with Gasteiger partial charge in [0.2, 0.25) is 11.9 Å². The van der Waals surface area contributed by atoms with Crippen LogP contribution in [0.5, 0.6) is 0 Å². The summed E-state index contributed by atoms with van der Waals surface area (Å²) in [7, 11) is 0. The van der Waals surface area contributed by atoms with Gasteiger partial charge in [-0.1, -0.05) is 23.5 Å². The lowest BCUT2D eigenvalue weighted by Crippen LogP contribution is -2.44. The fraction of sp³-hybridized carbons (Fsp3) is 0.476. The van der Waals surface area contributed by atoms with Crippen LogP contribution in [0.4, 0.5) is 14.7 Å². The van der Waals surface area contributed by atoms with Gasteiger partial charge in [0.05, 0.1) is 11.6 Å². The second kappa shape index (κ2) is 9.69. The zero-order valence-corrected chi connectivity index (χ0v) is 18.0. The summed E-state index contributed by atoms with van der Waals surface area (Å²) in [6, 6.07) is 5.07. The van der Waals surface area contributed by atoms with Crippen molar-refractivity contribution in [1.82, 2.24) is 25.5 Å². The fourth-order valence-corrected chi connectivity index (χ4v) is 4.52. The van der Waals surface area contributed by atoms with Crippen LogP contribution in [-0.4, -0.2) is 51.5 Å². The van der Waals surface area contributed by atoms with Crippen LogP contribution in [0, 0.1) is 12.8 Å². The minimum atomic E-state index is -0.754. The highest BCUT2D eigenvalue weighted by Crippen LogP contribution is 2.28. The zero-order valence-electron chi connectivity index (χ0n) is 17.1. The molecule has 2 heterocycles. The first-order valence-corrected chi connectivity index (χ1v) is 11.1. The predicted octanol–water partition coefficient (Wildman–Crippen LogP) is 3.85. The molecule has 0 spiro atoms. The average molecular weight is 447 g/mol. The van der Waals surface area contributed by atoms with Gasteiger partial charge in [-0.2, -0.15) is 0 Å². The lowest BCUT2D eigenvalue weighted by atomic mass is 9.85. The fourth-order valence-electron chi connectivity index (χ4n) is 3.83. The van der Waals surface area contributed by atoms with Gasteiger partial charge in [0.1, 0.15) is 23.4 Å². The molecular weight excluding hydrogens is 422 g/mol. The van der Waals surface area contributed by atoms with Crippen molar-refractivity contribution in [1.29, 1.82) is 0 Å². The van der Waals surface area contributed by atoms with E-state index in [4.69, 9.17) is 0 Å². The van der Waals surface area contributed by atoms with Crippen LogP contribution in [0.25, 0.3) is 21.5 Å². The van der Waals surface area contributed by atoms with E-state index in [2.05, 4.69) is 30.8 Å². The zero-order chi connectivity index (χ0) is 21.8. The van der Waals surface area contributed by atoms with Crippen molar-refractivity contribution in [3.8, 4) is 10.6 Å². The van der Waals surface area contributed by atoms with E-state index in [1.165, 1.54) is 11.3 Å². The molecule has 1 aromatic carbocycles. The third kappa shape index (κ3) is 5.19. The summed E-state index contributed by atoms with van der Waals surface area (Å²) < 4.78 is 25.4. The lowest BCUT2D eigenvalue weighted by Gasteiger charge is -2.30. The lowest BCUT2D eigenvalue weighted by molar-refractivity contribution is -0.120. The van der Waals surface area contributed by atoms with Gasteiger partial charge < -0.3 is 5.32 Å². The summed E-state index contributed by atoms with van der Waals surface area (Å²) in [6.07, 6.45) is 4.41. The van der Waals surface area contributed by atoms with Gasteiger partial charge in [-0.25, -0.2) is 18.7 Å². The van der Waals surface area contributed by atoms with E-state index >= 15 is 0 Å². The molecule has 1 aliphatic rings. The quantitative estimate of drug-likeness (QED) is 0.573. The van der Waals surface area contributed by atoms with Crippen LogP contribution in [0.3, 0.4) is 0 Å². The molecular formula is C21H24F2N6OS. The van der Waals surface area contributed by atoms with Gasteiger partial charge >= 0.3 is 0 Å². The summed E-state index contributed by atoms with van der Waals surface area (Å²) in [6.45, 7) is 0.454. The Bertz CT molecular complexity index is 1050. The van der Waals surface area contributed by atoms with Crippen molar-refractivity contribution in [2.24, 2.45) is 5.92 Å². The van der Waals surface area contributed by atoms with Gasteiger partial charge in [0.15, 0.2) is 0 Å². The molecule has 10 heteroatoms. The first kappa shape index (κ1) is 21.6. The molecule has 0 unspecified atom stereocenters. The van der Waals surface area contributed by atoms with Crippen LogP contribution in [0.15, 0.2) is 24.4 Å². The van der Waals surface area contributed by atoms with E-state index in [-0.39, 0.29) is 23.8 Å². The normalized spacial score (nSPS) is 19.1. The van der Waals surface area contributed by atoms with E-state index in [1.54, 1.807) is 6.20 Å². The maximum atomic E-state index is 12.7. The van der Waals surface area contributed by atoms with Crippen LogP contribution >= 0.6 is 11.3 Å². The molecule has 4 rings (SSSR count). The topological polar surface area (TPSA) is 92.7 Å². The highest BCUT2D eigenvalue weighted by Gasteiger charge is 2.28. The van der Waals surface area contributed by atoms with E-state index in [0.29, 0.717) is 31.2 Å². The number of alkyl halides is 2. The second-order valence-electron chi connectivity index (χ2n) is 7.80. The first-order valence-electron chi connectivity index (χ1n) is 10.3. The molecule has 0 radical (unpaired) electrons. The Balaban J connectivity index is 1.39. The third-order valence-electron chi connectivity index (χ3n) is 5.53. The summed E-state index contributed by atoms with van der Waals surface area (Å²) in [5, 5.41) is 16.6. The average Bonchev–Trinajstić information content (AvgIpc) is 3.23. The van der Waals surface area contributed by atoms with E-state index in [9.17, 15) is 13.6 Å². The summed E-state index contributed by atoms with van der Waals surface area (Å²) in [5.41, 5.74) is 1.63. The molecule has 1 aliphatic carbocycles. The van der Waals surface area contributed by atoms with Gasteiger partial charge in [0, 0.05) is 29.1 Å². The second-order valence-corrected chi connectivity index (χ2v) is 8.99. The minimum absolute atomic E-state index is 0.0416. The molecule has 1 saturated carbocycles. The van der Waals surface area contributed by atoms with Crippen LogP contribution in [0.1, 0.15) is 30.7 Å². The summed E-state index contributed by atoms with van der Waals surface area (Å²) in [4.78, 5) is 21.4. The molecule has 1 amide bonds. The molecule has 31 heavy (non-hydrogen) atoms. The predicted molar refractivity (Wildman–Crippen MR) is 116 cm³/mol. The monoisotopic (exact) mass is 446 g/mol. The van der Waals surface area contributed by atoms with Crippen molar-refractivity contribution < 1.29 is 13.6 Å². The van der Waals surface area contributed by atoms with Crippen molar-refractivity contribution in [2.45, 2.75) is 44.7 Å². The molecule has 0 atom stereocenters. The van der Waals surface area contributed by atoms with Gasteiger partial charge in [-0.15, -0.1) is 10.2 Å². The smallest absolute Gasteiger partial charge is 0.229 e. The molecule has 1 fully saturated rings. The number of carbonyl (C=O) groups excluding carboxylic acids is 1. The number of benzene rings is 1. The molecule has 2 N–H and O–H groups in total. The molecule has 2 aromatic heterocycles. The number of aromatic nitrogens is 4. The number of hydrogen-bond acceptors (Lipinski definition) is 7. The summed E-state index contributed by atoms with van der Waals surface area (Å²) >= 11 is 1.51. The number of carbonyl (C=O) groups is 1. The van der Waals surface area contributed by atoms with Crippen LogP contribution in [-0.2, 0) is 4.79 Å². The highest BCUT2D eigenvalue weighted by molar-refractivity contribution is 7.14. The van der Waals surface area contributed by atoms with E-state index in [0.717, 1.165) is 21.0 Å². The van der Waals surface area contributed by atoms with E-state index < -0.39 is 19.4 Å². The molecule has 3 aromatic rings. The Hall–Kier alpha value is -2.59. The van der Waals surface area contributed by atoms with Gasteiger partial charge in [0.25, 0.3) is 0 Å². The number of aryl methyl sites for hydroxylation is 1. The summed E-state index contributed by atoms with van der Waals surface area (Å²) in [5.74, 6) is -0.0262. The molecule has 7 nitrogen and oxygen atoms in total. The number of nitrogens with one attached hydrogen (secondary N) is 2. The third-order valence-corrected chi connectivity index (χ3v) is 6.42. The Kier molecular flexibility index (Phi) is 6.77. The number of halogens is 2. The van der Waals surface area contributed by atoms with Gasteiger partial charge in [-0.05, 0) is 38.7 Å². The molecule has 164 valence electrons. The van der Waals surface area contributed by atoms with Crippen molar-refractivity contribution in [2.75, 3.05) is 18.7 Å². The maximum absolute atomic E-state index is 12.7. The van der Waals surface area contributed by atoms with Crippen molar-refractivity contribution in [3.05, 3.63) is 29.4 Å². The highest BCUT2D eigenvalue weighted by atomic mass is 32.1.